The zero-order chi connectivity index (χ0) is 9.14. The third-order valence-electron chi connectivity index (χ3n) is 1.03. The summed E-state index contributed by atoms with van der Waals surface area (Å²) < 4.78 is 5.05. The molecule has 0 radical (unpaired) electrons. The molecule has 0 N–H and O–H groups in total. The normalized spacial score (nSPS) is 10.0. The summed E-state index contributed by atoms with van der Waals surface area (Å²) in [6.07, 6.45) is 0. The van der Waals surface area contributed by atoms with Gasteiger partial charge in [0.15, 0.2) is 5.15 Å². The number of hydrogen-bond donors (Lipinski definition) is 0. The third-order valence-corrected chi connectivity index (χ3v) is 1.91. The van der Waals surface area contributed by atoms with E-state index >= 15 is 0 Å². The standard InChI is InChI=1S/C6H5Cl3N2O/c1-2-12-5-3(7)4(8)10-6(9)11-5/h2H2,1H3. The Balaban J connectivity index is 3.09. The van der Waals surface area contributed by atoms with Gasteiger partial charge in [-0.1, -0.05) is 23.2 Å². The number of halogens is 3. The first kappa shape index (κ1) is 9.84. The average molecular weight is 227 g/mol. The molecule has 0 amide bonds. The molecule has 0 bridgehead atoms. The molecule has 0 aliphatic rings. The van der Waals surface area contributed by atoms with Gasteiger partial charge in [-0.3, -0.25) is 0 Å². The number of rotatable bonds is 2. The summed E-state index contributed by atoms with van der Waals surface area (Å²) in [5.74, 6) is 0.212. The highest BCUT2D eigenvalue weighted by atomic mass is 35.5. The van der Waals surface area contributed by atoms with E-state index in [9.17, 15) is 0 Å². The molecule has 3 nitrogen and oxygen atoms in total. The lowest BCUT2D eigenvalue weighted by molar-refractivity contribution is 0.326. The minimum absolute atomic E-state index is 0.0212. The van der Waals surface area contributed by atoms with E-state index < -0.39 is 0 Å². The minimum Gasteiger partial charge on any atom is -0.477 e. The lowest BCUT2D eigenvalue weighted by Gasteiger charge is -2.04. The summed E-state index contributed by atoms with van der Waals surface area (Å²) in [7, 11) is 0. The van der Waals surface area contributed by atoms with Crippen molar-refractivity contribution in [3.8, 4) is 5.88 Å². The SMILES string of the molecule is CCOc1nc(Cl)nc(Cl)c1Cl. The summed E-state index contributed by atoms with van der Waals surface area (Å²) in [5, 5.41) is 0.302. The molecular formula is C6H5Cl3N2O. The van der Waals surface area contributed by atoms with Crippen molar-refractivity contribution in [2.24, 2.45) is 0 Å². The second-order valence-electron chi connectivity index (χ2n) is 1.84. The van der Waals surface area contributed by atoms with E-state index in [1.807, 2.05) is 0 Å². The second kappa shape index (κ2) is 4.12. The fourth-order valence-electron chi connectivity index (χ4n) is 0.609. The van der Waals surface area contributed by atoms with Gasteiger partial charge in [0.2, 0.25) is 11.2 Å². The first-order valence-corrected chi connectivity index (χ1v) is 4.30. The van der Waals surface area contributed by atoms with Crippen molar-refractivity contribution in [3.63, 3.8) is 0 Å². The zero-order valence-electron chi connectivity index (χ0n) is 6.14. The van der Waals surface area contributed by atoms with Crippen LogP contribution < -0.4 is 4.74 Å². The van der Waals surface area contributed by atoms with E-state index in [1.165, 1.54) is 0 Å². The van der Waals surface area contributed by atoms with Crippen LogP contribution in [0.15, 0.2) is 0 Å². The molecule has 0 fully saturated rings. The highest BCUT2D eigenvalue weighted by molar-refractivity contribution is 6.42. The number of nitrogens with zero attached hydrogens (tertiary/aromatic N) is 2. The van der Waals surface area contributed by atoms with Crippen molar-refractivity contribution < 1.29 is 4.74 Å². The lowest BCUT2D eigenvalue weighted by atomic mass is 10.6. The summed E-state index contributed by atoms with van der Waals surface area (Å²) in [6, 6.07) is 0. The topological polar surface area (TPSA) is 35.0 Å². The molecule has 6 heteroatoms. The first-order chi connectivity index (χ1) is 5.65. The summed E-state index contributed by atoms with van der Waals surface area (Å²) in [4.78, 5) is 7.36. The second-order valence-corrected chi connectivity index (χ2v) is 2.91. The molecule has 0 atom stereocenters. The predicted molar refractivity (Wildman–Crippen MR) is 48.2 cm³/mol. The van der Waals surface area contributed by atoms with Crippen LogP contribution in [0.25, 0.3) is 0 Å². The van der Waals surface area contributed by atoms with E-state index in [0.717, 1.165) is 0 Å². The molecule has 12 heavy (non-hydrogen) atoms. The molecular weight excluding hydrogens is 222 g/mol. The van der Waals surface area contributed by atoms with Gasteiger partial charge in [-0.2, -0.15) is 4.98 Å². The maximum Gasteiger partial charge on any atom is 0.238 e. The van der Waals surface area contributed by atoms with Gasteiger partial charge >= 0.3 is 0 Å². The Morgan fingerprint density at radius 3 is 2.50 bits per heavy atom. The molecule has 1 rings (SSSR count). The maximum absolute atomic E-state index is 5.70. The van der Waals surface area contributed by atoms with E-state index in [1.54, 1.807) is 6.92 Å². The third kappa shape index (κ3) is 2.12. The van der Waals surface area contributed by atoms with E-state index in [2.05, 4.69) is 9.97 Å². The zero-order valence-corrected chi connectivity index (χ0v) is 8.41. The van der Waals surface area contributed by atoms with Gasteiger partial charge < -0.3 is 4.74 Å². The Bertz CT molecular complexity index is 292. The van der Waals surface area contributed by atoms with Crippen LogP contribution in [0, 0.1) is 0 Å². The molecule has 0 spiro atoms. The van der Waals surface area contributed by atoms with Crippen molar-refractivity contribution in [1.29, 1.82) is 0 Å². The Labute approximate surface area is 84.6 Å². The van der Waals surface area contributed by atoms with E-state index in [4.69, 9.17) is 39.5 Å². The van der Waals surface area contributed by atoms with Crippen LogP contribution in [0.5, 0.6) is 5.88 Å². The van der Waals surface area contributed by atoms with Crippen LogP contribution in [0.3, 0.4) is 0 Å². The van der Waals surface area contributed by atoms with Crippen molar-refractivity contribution in [2.45, 2.75) is 6.92 Å². The summed E-state index contributed by atoms with van der Waals surface area (Å²) >= 11 is 16.8. The van der Waals surface area contributed by atoms with E-state index in [-0.39, 0.29) is 21.3 Å². The fraction of sp³-hybridized carbons (Fsp3) is 0.333. The van der Waals surface area contributed by atoms with Gasteiger partial charge in [0, 0.05) is 0 Å². The van der Waals surface area contributed by atoms with Crippen molar-refractivity contribution in [3.05, 3.63) is 15.5 Å². The van der Waals surface area contributed by atoms with Crippen LogP contribution in [0.1, 0.15) is 6.92 Å². The largest absolute Gasteiger partial charge is 0.477 e. The summed E-state index contributed by atoms with van der Waals surface area (Å²) in [6.45, 7) is 2.25. The Hall–Kier alpha value is -0.250. The summed E-state index contributed by atoms with van der Waals surface area (Å²) in [5.41, 5.74) is 0. The molecule has 0 aromatic carbocycles. The van der Waals surface area contributed by atoms with Crippen LogP contribution in [0.4, 0.5) is 0 Å². The van der Waals surface area contributed by atoms with Gasteiger partial charge in [-0.15, -0.1) is 0 Å². The monoisotopic (exact) mass is 226 g/mol. The molecule has 1 heterocycles. The molecule has 0 aliphatic carbocycles. The Kier molecular flexibility index (Phi) is 3.38. The van der Waals surface area contributed by atoms with Crippen molar-refractivity contribution in [2.75, 3.05) is 6.61 Å². The molecule has 1 aromatic rings. The van der Waals surface area contributed by atoms with Crippen LogP contribution in [-0.4, -0.2) is 16.6 Å². The van der Waals surface area contributed by atoms with Crippen molar-refractivity contribution in [1.82, 2.24) is 9.97 Å². The highest BCUT2D eigenvalue weighted by Crippen LogP contribution is 2.29. The van der Waals surface area contributed by atoms with Crippen LogP contribution in [-0.2, 0) is 0 Å². The van der Waals surface area contributed by atoms with Crippen LogP contribution >= 0.6 is 34.8 Å². The van der Waals surface area contributed by atoms with Gasteiger partial charge in [-0.05, 0) is 18.5 Å². The number of hydrogen-bond acceptors (Lipinski definition) is 3. The number of ether oxygens (including phenoxy) is 1. The van der Waals surface area contributed by atoms with Crippen molar-refractivity contribution >= 4 is 34.8 Å². The quantitative estimate of drug-likeness (QED) is 0.576. The molecule has 1 aromatic heterocycles. The smallest absolute Gasteiger partial charge is 0.238 e. The Morgan fingerprint density at radius 2 is 1.92 bits per heavy atom. The van der Waals surface area contributed by atoms with Gasteiger partial charge in [0.25, 0.3) is 0 Å². The van der Waals surface area contributed by atoms with E-state index in [0.29, 0.717) is 6.61 Å². The maximum atomic E-state index is 5.70. The number of aromatic nitrogens is 2. The van der Waals surface area contributed by atoms with Crippen LogP contribution in [0.2, 0.25) is 15.5 Å². The molecule has 0 saturated heterocycles. The molecule has 0 unspecified atom stereocenters. The minimum atomic E-state index is 0.0212. The predicted octanol–water partition coefficient (Wildman–Crippen LogP) is 2.84. The van der Waals surface area contributed by atoms with Gasteiger partial charge in [-0.25, -0.2) is 4.98 Å². The highest BCUT2D eigenvalue weighted by Gasteiger charge is 2.10. The molecule has 0 aliphatic heterocycles. The molecule has 66 valence electrons. The van der Waals surface area contributed by atoms with Gasteiger partial charge in [0.05, 0.1) is 6.61 Å². The fourth-order valence-corrected chi connectivity index (χ4v) is 1.11. The molecule has 0 saturated carbocycles. The van der Waals surface area contributed by atoms with Gasteiger partial charge in [0.1, 0.15) is 5.02 Å². The first-order valence-electron chi connectivity index (χ1n) is 3.16. The Morgan fingerprint density at radius 1 is 1.25 bits per heavy atom. The lowest BCUT2D eigenvalue weighted by Crippen LogP contribution is -1.97. The average Bonchev–Trinajstić information content (AvgIpc) is 2.00.